The normalized spacial score (nSPS) is 12.1. The zero-order chi connectivity index (χ0) is 21.2. The Balaban J connectivity index is 2.25. The number of nitrogens with zero attached hydrogens (tertiary/aromatic N) is 3. The van der Waals surface area contributed by atoms with E-state index >= 15 is 0 Å². The van der Waals surface area contributed by atoms with Gasteiger partial charge in [-0.1, -0.05) is 32.0 Å². The van der Waals surface area contributed by atoms with E-state index in [1.165, 1.54) is 16.7 Å². The molecule has 0 N–H and O–H groups in total. The van der Waals surface area contributed by atoms with Crippen LogP contribution in [0.25, 0.3) is 16.6 Å². The average Bonchev–Trinajstić information content (AvgIpc) is 2.70. The Labute approximate surface area is 165 Å². The van der Waals surface area contributed by atoms with Crippen LogP contribution in [0.3, 0.4) is 0 Å². The van der Waals surface area contributed by atoms with E-state index < -0.39 is 23.0 Å². The maximum absolute atomic E-state index is 13.2. The van der Waals surface area contributed by atoms with Crippen LogP contribution in [0.4, 0.5) is 13.2 Å². The van der Waals surface area contributed by atoms with Crippen LogP contribution in [0.1, 0.15) is 19.4 Å². The van der Waals surface area contributed by atoms with Crippen molar-refractivity contribution in [3.8, 4) is 5.69 Å². The predicted molar refractivity (Wildman–Crippen MR) is 107 cm³/mol. The van der Waals surface area contributed by atoms with Crippen molar-refractivity contribution in [2.45, 2.75) is 26.6 Å². The van der Waals surface area contributed by atoms with E-state index in [1.807, 2.05) is 13.8 Å². The van der Waals surface area contributed by atoms with Gasteiger partial charge in [0, 0.05) is 13.1 Å². The summed E-state index contributed by atoms with van der Waals surface area (Å²) in [4.78, 5) is 28.1. The van der Waals surface area contributed by atoms with Crippen LogP contribution in [0, 0.1) is 0 Å². The third kappa shape index (κ3) is 4.12. The molecule has 0 bridgehead atoms. The third-order valence-electron chi connectivity index (χ3n) is 5.01. The van der Waals surface area contributed by atoms with E-state index in [0.29, 0.717) is 6.54 Å². The molecule has 1 aromatic heterocycles. The molecule has 8 heteroatoms. The zero-order valence-electron chi connectivity index (χ0n) is 16.2. The number of hydrogen-bond acceptors (Lipinski definition) is 3. The quantitative estimate of drug-likeness (QED) is 0.631. The average molecular weight is 405 g/mol. The summed E-state index contributed by atoms with van der Waals surface area (Å²) in [5.74, 6) is 0. The number of para-hydroxylation sites is 1. The number of hydrogen-bond donors (Lipinski definition) is 0. The summed E-state index contributed by atoms with van der Waals surface area (Å²) in [5, 5.41) is 0.282. The first-order valence-corrected chi connectivity index (χ1v) is 9.42. The van der Waals surface area contributed by atoms with Crippen molar-refractivity contribution >= 4 is 10.9 Å². The van der Waals surface area contributed by atoms with Crippen molar-refractivity contribution in [1.82, 2.24) is 14.0 Å². The van der Waals surface area contributed by atoms with E-state index in [4.69, 9.17) is 0 Å². The van der Waals surface area contributed by atoms with Gasteiger partial charge in [0.2, 0.25) is 0 Å². The fourth-order valence-corrected chi connectivity index (χ4v) is 3.35. The molecular formula is C21H22F3N3O2. The molecule has 0 aliphatic rings. The minimum Gasteiger partial charge on any atom is -0.302 e. The van der Waals surface area contributed by atoms with Gasteiger partial charge in [-0.15, -0.1) is 0 Å². The number of halogens is 3. The molecule has 0 saturated carbocycles. The van der Waals surface area contributed by atoms with Crippen LogP contribution >= 0.6 is 0 Å². The largest absolute Gasteiger partial charge is 0.416 e. The van der Waals surface area contributed by atoms with Gasteiger partial charge in [0.1, 0.15) is 0 Å². The van der Waals surface area contributed by atoms with E-state index in [2.05, 4.69) is 4.90 Å². The summed E-state index contributed by atoms with van der Waals surface area (Å²) in [5.41, 5.74) is -1.61. The molecule has 0 unspecified atom stereocenters. The molecule has 0 atom stereocenters. The van der Waals surface area contributed by atoms with Gasteiger partial charge in [-0.25, -0.2) is 4.79 Å². The van der Waals surface area contributed by atoms with E-state index in [9.17, 15) is 22.8 Å². The number of aromatic nitrogens is 2. The lowest BCUT2D eigenvalue weighted by Crippen LogP contribution is -2.42. The predicted octanol–water partition coefficient (Wildman–Crippen LogP) is 3.51. The number of fused-ring (bicyclic) bond motifs is 1. The van der Waals surface area contributed by atoms with Crippen molar-refractivity contribution < 1.29 is 13.2 Å². The molecule has 0 aliphatic carbocycles. The molecule has 0 saturated heterocycles. The van der Waals surface area contributed by atoms with Gasteiger partial charge in [0.05, 0.1) is 22.2 Å². The Morgan fingerprint density at radius 3 is 2.31 bits per heavy atom. The molecule has 0 radical (unpaired) electrons. The fraction of sp³-hybridized carbons (Fsp3) is 0.333. The maximum Gasteiger partial charge on any atom is 0.416 e. The van der Waals surface area contributed by atoms with Gasteiger partial charge in [0.15, 0.2) is 0 Å². The van der Waals surface area contributed by atoms with Crippen molar-refractivity contribution in [2.24, 2.45) is 0 Å². The first kappa shape index (κ1) is 20.9. The monoisotopic (exact) mass is 405 g/mol. The number of alkyl halides is 3. The Morgan fingerprint density at radius 1 is 0.966 bits per heavy atom. The van der Waals surface area contributed by atoms with Crippen LogP contribution < -0.4 is 11.2 Å². The highest BCUT2D eigenvalue weighted by molar-refractivity contribution is 5.79. The Morgan fingerprint density at radius 2 is 1.66 bits per heavy atom. The first-order valence-electron chi connectivity index (χ1n) is 9.42. The molecule has 1 heterocycles. The van der Waals surface area contributed by atoms with Crippen molar-refractivity contribution in [3.63, 3.8) is 0 Å². The standard InChI is InChI=1S/C21H22F3N3O2/c1-3-25(4-2)12-13-26-19(28)17-10-5-6-11-18(17)27(20(26)29)16-9-7-8-15(14-16)21(22,23)24/h5-11,14H,3-4,12-13H2,1-2H3. The van der Waals surface area contributed by atoms with E-state index in [1.54, 1.807) is 24.3 Å². The van der Waals surface area contributed by atoms with Gasteiger partial charge in [-0.05, 0) is 43.4 Å². The topological polar surface area (TPSA) is 47.2 Å². The summed E-state index contributed by atoms with van der Waals surface area (Å²) in [6.07, 6.45) is -4.54. The second kappa shape index (κ2) is 8.24. The number of rotatable bonds is 6. The molecule has 2 aromatic carbocycles. The first-order chi connectivity index (χ1) is 13.8. The van der Waals surface area contributed by atoms with Crippen molar-refractivity contribution in [2.75, 3.05) is 19.6 Å². The molecule has 0 aliphatic heterocycles. The lowest BCUT2D eigenvalue weighted by atomic mass is 10.1. The molecule has 5 nitrogen and oxygen atoms in total. The minimum atomic E-state index is -4.54. The molecule has 154 valence electrons. The molecule has 0 spiro atoms. The van der Waals surface area contributed by atoms with Crippen molar-refractivity contribution in [1.29, 1.82) is 0 Å². The van der Waals surface area contributed by atoms with E-state index in [-0.39, 0.29) is 23.1 Å². The van der Waals surface area contributed by atoms with Gasteiger partial charge in [0.25, 0.3) is 5.56 Å². The van der Waals surface area contributed by atoms with Gasteiger partial charge in [-0.3, -0.25) is 13.9 Å². The summed E-state index contributed by atoms with van der Waals surface area (Å²) in [7, 11) is 0. The Kier molecular flexibility index (Phi) is 5.93. The highest BCUT2D eigenvalue weighted by Crippen LogP contribution is 2.30. The summed E-state index contributed by atoms with van der Waals surface area (Å²) in [6.45, 7) is 6.13. The highest BCUT2D eigenvalue weighted by atomic mass is 19.4. The van der Waals surface area contributed by atoms with Gasteiger partial charge >= 0.3 is 11.9 Å². The molecule has 29 heavy (non-hydrogen) atoms. The van der Waals surface area contributed by atoms with Crippen LogP contribution in [0.5, 0.6) is 0 Å². The highest BCUT2D eigenvalue weighted by Gasteiger charge is 2.30. The minimum absolute atomic E-state index is 0.0672. The molecular weight excluding hydrogens is 383 g/mol. The van der Waals surface area contributed by atoms with Gasteiger partial charge in [-0.2, -0.15) is 13.2 Å². The fourth-order valence-electron chi connectivity index (χ4n) is 3.35. The van der Waals surface area contributed by atoms with Crippen LogP contribution in [0.15, 0.2) is 58.1 Å². The molecule has 3 rings (SSSR count). The Bertz CT molecular complexity index is 1130. The van der Waals surface area contributed by atoms with Crippen LogP contribution in [-0.4, -0.2) is 33.7 Å². The summed E-state index contributed by atoms with van der Waals surface area (Å²) >= 11 is 0. The summed E-state index contributed by atoms with van der Waals surface area (Å²) in [6, 6.07) is 11.0. The Hall–Kier alpha value is -2.87. The molecule has 0 amide bonds. The zero-order valence-corrected chi connectivity index (χ0v) is 16.2. The molecule has 0 fully saturated rings. The lowest BCUT2D eigenvalue weighted by Gasteiger charge is -2.20. The maximum atomic E-state index is 13.2. The second-order valence-corrected chi connectivity index (χ2v) is 6.67. The van der Waals surface area contributed by atoms with Crippen LogP contribution in [-0.2, 0) is 12.7 Å². The van der Waals surface area contributed by atoms with E-state index in [0.717, 1.165) is 29.8 Å². The SMILES string of the molecule is CCN(CC)CCn1c(=O)c2ccccc2n(-c2cccc(C(F)(F)F)c2)c1=O. The van der Waals surface area contributed by atoms with Crippen LogP contribution in [0.2, 0.25) is 0 Å². The lowest BCUT2D eigenvalue weighted by molar-refractivity contribution is -0.137. The molecule has 3 aromatic rings. The second-order valence-electron chi connectivity index (χ2n) is 6.67. The summed E-state index contributed by atoms with van der Waals surface area (Å²) < 4.78 is 41.8. The smallest absolute Gasteiger partial charge is 0.302 e. The van der Waals surface area contributed by atoms with Crippen molar-refractivity contribution in [3.05, 3.63) is 74.9 Å². The number of likely N-dealkylation sites (N-methyl/N-ethyl adjacent to an activating group) is 1. The van der Waals surface area contributed by atoms with Gasteiger partial charge < -0.3 is 4.90 Å². The third-order valence-corrected chi connectivity index (χ3v) is 5.01. The number of benzene rings is 2.